The molecule has 22 heavy (non-hydrogen) atoms. The average Bonchev–Trinajstić information content (AvgIpc) is 2.84. The number of carbonyl (C=O) groups is 1. The van der Waals surface area contributed by atoms with Gasteiger partial charge in [0.1, 0.15) is 0 Å². The van der Waals surface area contributed by atoms with E-state index in [0.29, 0.717) is 24.2 Å². The first-order valence-electron chi connectivity index (χ1n) is 8.38. The summed E-state index contributed by atoms with van der Waals surface area (Å²) in [4.78, 5) is 14.2. The van der Waals surface area contributed by atoms with Crippen LogP contribution >= 0.6 is 0 Å². The zero-order chi connectivity index (χ0) is 15.7. The number of rotatable bonds is 3. The molecule has 118 valence electrons. The van der Waals surface area contributed by atoms with E-state index < -0.39 is 0 Å². The normalized spacial score (nSPS) is 16.6. The molecule has 1 aliphatic rings. The summed E-state index contributed by atoms with van der Waals surface area (Å²) in [7, 11) is 2.16. The van der Waals surface area contributed by atoms with Crippen LogP contribution in [-0.4, -0.2) is 28.5 Å². The van der Waals surface area contributed by atoms with Crippen LogP contribution in [0, 0.1) is 5.92 Å². The van der Waals surface area contributed by atoms with Crippen LogP contribution < -0.4 is 0 Å². The highest BCUT2D eigenvalue weighted by atomic mass is 16.2. The Hall–Kier alpha value is -1.77. The molecule has 0 aliphatic carbocycles. The predicted molar refractivity (Wildman–Crippen MR) is 90.9 cm³/mol. The topological polar surface area (TPSA) is 25.2 Å². The highest BCUT2D eigenvalue weighted by Crippen LogP contribution is 2.32. The number of aromatic nitrogens is 1. The Labute approximate surface area is 132 Å². The fourth-order valence-corrected chi connectivity index (χ4v) is 3.60. The van der Waals surface area contributed by atoms with Gasteiger partial charge in [-0.25, -0.2) is 0 Å². The molecule has 2 heterocycles. The second kappa shape index (κ2) is 6.15. The van der Waals surface area contributed by atoms with Crippen LogP contribution in [0.5, 0.6) is 0 Å². The lowest BCUT2D eigenvalue weighted by Gasteiger charge is -2.32. The van der Waals surface area contributed by atoms with Gasteiger partial charge in [0.15, 0.2) is 0 Å². The van der Waals surface area contributed by atoms with E-state index in [2.05, 4.69) is 60.7 Å². The number of fused-ring (bicyclic) bond motifs is 1. The Balaban J connectivity index is 1.70. The van der Waals surface area contributed by atoms with E-state index in [1.165, 1.54) is 16.6 Å². The largest absolute Gasteiger partial charge is 0.347 e. The van der Waals surface area contributed by atoms with Crippen molar-refractivity contribution in [3.63, 3.8) is 0 Å². The van der Waals surface area contributed by atoms with Crippen molar-refractivity contribution in [2.24, 2.45) is 13.0 Å². The van der Waals surface area contributed by atoms with Gasteiger partial charge in [0.05, 0.1) is 0 Å². The molecule has 1 aromatic carbocycles. The zero-order valence-corrected chi connectivity index (χ0v) is 13.9. The number of carbonyl (C=O) groups excluding carboxylic acids is 1. The molecule has 3 heteroatoms. The van der Waals surface area contributed by atoms with Crippen LogP contribution in [0.3, 0.4) is 0 Å². The van der Waals surface area contributed by atoms with Gasteiger partial charge in [0, 0.05) is 43.7 Å². The molecule has 3 nitrogen and oxygen atoms in total. The van der Waals surface area contributed by atoms with Crippen LogP contribution in [-0.2, 0) is 11.8 Å². The molecule has 2 aromatic rings. The molecule has 0 bridgehead atoms. The van der Waals surface area contributed by atoms with Gasteiger partial charge >= 0.3 is 0 Å². The van der Waals surface area contributed by atoms with Crippen LogP contribution in [0.4, 0.5) is 0 Å². The lowest BCUT2D eigenvalue weighted by molar-refractivity contribution is -0.133. The fraction of sp³-hybridized carbons (Fsp3) is 0.526. The Bertz CT molecular complexity index is 663. The van der Waals surface area contributed by atoms with E-state index in [1.807, 2.05) is 0 Å². The second-order valence-corrected chi connectivity index (χ2v) is 6.94. The molecular weight excluding hydrogens is 272 g/mol. The number of nitrogens with zero attached hydrogens (tertiary/aromatic N) is 2. The van der Waals surface area contributed by atoms with Crippen molar-refractivity contribution < 1.29 is 4.79 Å². The van der Waals surface area contributed by atoms with E-state index in [1.54, 1.807) is 0 Å². The Morgan fingerprint density at radius 2 is 1.91 bits per heavy atom. The molecular formula is C19H26N2O. The molecule has 0 unspecified atom stereocenters. The molecule has 1 fully saturated rings. The van der Waals surface area contributed by atoms with Crippen molar-refractivity contribution in [1.82, 2.24) is 9.47 Å². The summed E-state index contributed by atoms with van der Waals surface area (Å²) >= 11 is 0. The first-order chi connectivity index (χ1) is 10.6. The minimum atomic E-state index is 0.325. The summed E-state index contributed by atoms with van der Waals surface area (Å²) in [5.74, 6) is 1.34. The standard InChI is InChI=1S/C19H26N2O/c1-14(2)12-19(22)21-10-8-15(9-11-21)18-13-16-6-4-5-7-17(16)20(18)3/h4-7,13-15H,8-12H2,1-3H3. The first-order valence-corrected chi connectivity index (χ1v) is 8.38. The number of likely N-dealkylation sites (tertiary alicyclic amines) is 1. The van der Waals surface area contributed by atoms with E-state index in [0.717, 1.165) is 25.9 Å². The maximum atomic E-state index is 12.2. The quantitative estimate of drug-likeness (QED) is 0.843. The molecule has 1 saturated heterocycles. The number of para-hydroxylation sites is 1. The number of aryl methyl sites for hydroxylation is 1. The van der Waals surface area contributed by atoms with Gasteiger partial charge in [-0.3, -0.25) is 4.79 Å². The Morgan fingerprint density at radius 3 is 2.55 bits per heavy atom. The fourth-order valence-electron chi connectivity index (χ4n) is 3.60. The molecule has 0 spiro atoms. The third-order valence-corrected chi connectivity index (χ3v) is 4.84. The van der Waals surface area contributed by atoms with Gasteiger partial charge < -0.3 is 9.47 Å². The summed E-state index contributed by atoms with van der Waals surface area (Å²) in [5.41, 5.74) is 2.72. The molecule has 0 radical (unpaired) electrons. The average molecular weight is 298 g/mol. The zero-order valence-electron chi connectivity index (χ0n) is 13.9. The van der Waals surface area contributed by atoms with E-state index >= 15 is 0 Å². The highest BCUT2D eigenvalue weighted by molar-refractivity contribution is 5.81. The lowest BCUT2D eigenvalue weighted by atomic mass is 9.93. The van der Waals surface area contributed by atoms with Crippen molar-refractivity contribution >= 4 is 16.8 Å². The van der Waals surface area contributed by atoms with E-state index in [9.17, 15) is 4.79 Å². The third-order valence-electron chi connectivity index (χ3n) is 4.84. The van der Waals surface area contributed by atoms with Crippen molar-refractivity contribution in [3.05, 3.63) is 36.0 Å². The minimum Gasteiger partial charge on any atom is -0.347 e. The van der Waals surface area contributed by atoms with Gasteiger partial charge in [-0.05, 0) is 36.3 Å². The number of hydrogen-bond acceptors (Lipinski definition) is 1. The van der Waals surface area contributed by atoms with Crippen molar-refractivity contribution in [2.45, 2.75) is 39.0 Å². The van der Waals surface area contributed by atoms with Crippen LogP contribution in [0.2, 0.25) is 0 Å². The third kappa shape index (κ3) is 2.90. The van der Waals surface area contributed by atoms with Crippen LogP contribution in [0.1, 0.15) is 44.7 Å². The summed E-state index contributed by atoms with van der Waals surface area (Å²) in [6, 6.07) is 10.9. The number of benzene rings is 1. The summed E-state index contributed by atoms with van der Waals surface area (Å²) in [6.07, 6.45) is 2.83. The Morgan fingerprint density at radius 1 is 1.23 bits per heavy atom. The molecule has 1 amide bonds. The van der Waals surface area contributed by atoms with Gasteiger partial charge in [-0.1, -0.05) is 32.0 Å². The number of hydrogen-bond donors (Lipinski definition) is 0. The maximum Gasteiger partial charge on any atom is 0.222 e. The highest BCUT2D eigenvalue weighted by Gasteiger charge is 2.25. The second-order valence-electron chi connectivity index (χ2n) is 6.94. The molecule has 0 N–H and O–H groups in total. The van der Waals surface area contributed by atoms with Gasteiger partial charge in [-0.2, -0.15) is 0 Å². The smallest absolute Gasteiger partial charge is 0.222 e. The van der Waals surface area contributed by atoms with Crippen LogP contribution in [0.15, 0.2) is 30.3 Å². The minimum absolute atomic E-state index is 0.325. The first kappa shape index (κ1) is 15.1. The van der Waals surface area contributed by atoms with Gasteiger partial charge in [0.25, 0.3) is 0 Å². The monoisotopic (exact) mass is 298 g/mol. The number of amides is 1. The predicted octanol–water partition coefficient (Wildman–Crippen LogP) is 3.93. The molecule has 1 aliphatic heterocycles. The molecule has 0 saturated carbocycles. The summed E-state index contributed by atoms with van der Waals surface area (Å²) < 4.78 is 2.32. The Kier molecular flexibility index (Phi) is 4.23. The lowest BCUT2D eigenvalue weighted by Crippen LogP contribution is -2.38. The molecule has 0 atom stereocenters. The van der Waals surface area contributed by atoms with Gasteiger partial charge in [0.2, 0.25) is 5.91 Å². The van der Waals surface area contributed by atoms with Crippen molar-refractivity contribution in [3.8, 4) is 0 Å². The van der Waals surface area contributed by atoms with Crippen molar-refractivity contribution in [1.29, 1.82) is 0 Å². The molecule has 3 rings (SSSR count). The SMILES string of the molecule is CC(C)CC(=O)N1CCC(c2cc3ccccc3n2C)CC1. The van der Waals surface area contributed by atoms with Gasteiger partial charge in [-0.15, -0.1) is 0 Å². The van der Waals surface area contributed by atoms with E-state index in [4.69, 9.17) is 0 Å². The van der Waals surface area contributed by atoms with Crippen molar-refractivity contribution in [2.75, 3.05) is 13.1 Å². The summed E-state index contributed by atoms with van der Waals surface area (Å²) in [5, 5.41) is 1.32. The number of piperidine rings is 1. The summed E-state index contributed by atoms with van der Waals surface area (Å²) in [6.45, 7) is 6.02. The maximum absolute atomic E-state index is 12.2. The van der Waals surface area contributed by atoms with E-state index in [-0.39, 0.29) is 0 Å². The van der Waals surface area contributed by atoms with Crippen LogP contribution in [0.25, 0.3) is 10.9 Å². The molecule has 1 aromatic heterocycles.